The Bertz CT molecular complexity index is 765. The first-order chi connectivity index (χ1) is 12.3. The number of guanidine groups is 1. The van der Waals surface area contributed by atoms with Crippen LogP contribution in [0.4, 0.5) is 5.95 Å². The number of aromatic nitrogens is 2. The highest BCUT2D eigenvalue weighted by atomic mass is 127. The highest BCUT2D eigenvalue weighted by Gasteiger charge is 2.21. The highest BCUT2D eigenvalue weighted by Crippen LogP contribution is 2.35. The van der Waals surface area contributed by atoms with Crippen LogP contribution in [0.15, 0.2) is 41.7 Å². The molecule has 0 radical (unpaired) electrons. The van der Waals surface area contributed by atoms with Gasteiger partial charge in [-0.25, -0.2) is 15.0 Å². The minimum atomic E-state index is 0. The van der Waals surface area contributed by atoms with E-state index in [2.05, 4.69) is 24.8 Å². The van der Waals surface area contributed by atoms with Crippen LogP contribution in [-0.2, 0) is 6.54 Å². The Hall–Kier alpha value is -2.30. The van der Waals surface area contributed by atoms with Gasteiger partial charge in [-0.3, -0.25) is 0 Å². The number of hydrogen-bond donors (Lipinski definition) is 1. The zero-order valence-corrected chi connectivity index (χ0v) is 16.6. The number of fused-ring (bicyclic) bond motifs is 1. The van der Waals surface area contributed by atoms with Gasteiger partial charge in [-0.2, -0.15) is 0 Å². The van der Waals surface area contributed by atoms with E-state index in [4.69, 9.17) is 15.2 Å². The zero-order chi connectivity index (χ0) is 17.1. The van der Waals surface area contributed by atoms with Gasteiger partial charge in [-0.05, 0) is 12.1 Å². The molecule has 2 N–H and O–H groups in total. The topological polar surface area (TPSA) is 89.1 Å². The van der Waals surface area contributed by atoms with Gasteiger partial charge >= 0.3 is 0 Å². The number of halogens is 1. The molecule has 0 aliphatic carbocycles. The summed E-state index contributed by atoms with van der Waals surface area (Å²) in [5, 5.41) is 0. The van der Waals surface area contributed by atoms with Crippen LogP contribution >= 0.6 is 24.0 Å². The lowest BCUT2D eigenvalue weighted by Crippen LogP contribution is -2.51. The van der Waals surface area contributed by atoms with E-state index in [9.17, 15) is 0 Å². The third-order valence-electron chi connectivity index (χ3n) is 4.33. The molecule has 0 atom stereocenters. The normalized spacial score (nSPS) is 16.4. The van der Waals surface area contributed by atoms with Crippen molar-refractivity contribution in [1.82, 2.24) is 14.9 Å². The standard InChI is InChI=1S/C17H20N6O2.HI/c18-16(21-11-13-3-1-4-14-15(13)25-12-24-14)22-7-9-23(10-8-22)17-19-5-2-6-20-17;/h1-6H,7-12H2,(H2,18,21);1H. The fraction of sp³-hybridized carbons (Fsp3) is 0.353. The number of anilines is 1. The molecule has 0 amide bonds. The molecule has 0 bridgehead atoms. The smallest absolute Gasteiger partial charge is 0.231 e. The number of para-hydroxylation sites is 1. The maximum Gasteiger partial charge on any atom is 0.231 e. The molecule has 0 saturated carbocycles. The number of nitrogens with two attached hydrogens (primary N) is 1. The van der Waals surface area contributed by atoms with Gasteiger partial charge in [-0.15, -0.1) is 24.0 Å². The SMILES string of the molecule is I.NC(=NCc1cccc2c1OCO2)N1CCN(c2ncccn2)CC1. The first-order valence-electron chi connectivity index (χ1n) is 8.25. The molecular formula is C17H21IN6O2. The molecular weight excluding hydrogens is 447 g/mol. The molecule has 1 fully saturated rings. The van der Waals surface area contributed by atoms with Crippen molar-refractivity contribution in [2.24, 2.45) is 10.7 Å². The zero-order valence-electron chi connectivity index (χ0n) is 14.2. The van der Waals surface area contributed by atoms with Crippen LogP contribution in [0, 0.1) is 0 Å². The summed E-state index contributed by atoms with van der Waals surface area (Å²) >= 11 is 0. The predicted octanol–water partition coefficient (Wildman–Crippen LogP) is 1.46. The molecule has 3 heterocycles. The van der Waals surface area contributed by atoms with Gasteiger partial charge in [0.1, 0.15) is 0 Å². The number of benzene rings is 1. The molecule has 2 aliphatic rings. The van der Waals surface area contributed by atoms with Crippen LogP contribution in [0.1, 0.15) is 5.56 Å². The molecule has 4 rings (SSSR count). The van der Waals surface area contributed by atoms with Crippen molar-refractivity contribution < 1.29 is 9.47 Å². The van der Waals surface area contributed by atoms with E-state index in [1.54, 1.807) is 12.4 Å². The van der Waals surface area contributed by atoms with E-state index in [0.29, 0.717) is 12.5 Å². The average Bonchev–Trinajstić information content (AvgIpc) is 3.16. The van der Waals surface area contributed by atoms with Crippen molar-refractivity contribution in [3.63, 3.8) is 0 Å². The van der Waals surface area contributed by atoms with Gasteiger partial charge in [0, 0.05) is 44.1 Å². The number of ether oxygens (including phenoxy) is 2. The maximum atomic E-state index is 6.18. The molecule has 0 unspecified atom stereocenters. The van der Waals surface area contributed by atoms with Crippen LogP contribution in [0.3, 0.4) is 0 Å². The average molecular weight is 468 g/mol. The fourth-order valence-corrected chi connectivity index (χ4v) is 2.97. The summed E-state index contributed by atoms with van der Waals surface area (Å²) < 4.78 is 10.9. The Kier molecular flexibility index (Phi) is 5.96. The minimum Gasteiger partial charge on any atom is -0.454 e. The molecule has 2 aliphatic heterocycles. The van der Waals surface area contributed by atoms with Crippen molar-refractivity contribution in [1.29, 1.82) is 0 Å². The molecule has 1 aromatic heterocycles. The molecule has 0 spiro atoms. The Morgan fingerprint density at radius 2 is 1.85 bits per heavy atom. The molecule has 8 nitrogen and oxygen atoms in total. The van der Waals surface area contributed by atoms with E-state index in [1.807, 2.05) is 24.3 Å². The number of piperazine rings is 1. The number of aliphatic imine (C=N–C) groups is 1. The lowest BCUT2D eigenvalue weighted by atomic mass is 10.2. The van der Waals surface area contributed by atoms with Crippen molar-refractivity contribution in [3.05, 3.63) is 42.2 Å². The summed E-state index contributed by atoms with van der Waals surface area (Å²) in [6.45, 7) is 3.95. The Labute approximate surface area is 169 Å². The summed E-state index contributed by atoms with van der Waals surface area (Å²) in [4.78, 5) is 17.3. The summed E-state index contributed by atoms with van der Waals surface area (Å²) in [6.07, 6.45) is 3.52. The van der Waals surface area contributed by atoms with Crippen molar-refractivity contribution in [2.75, 3.05) is 37.9 Å². The largest absolute Gasteiger partial charge is 0.454 e. The van der Waals surface area contributed by atoms with Crippen molar-refractivity contribution in [3.8, 4) is 11.5 Å². The monoisotopic (exact) mass is 468 g/mol. The summed E-state index contributed by atoms with van der Waals surface area (Å²) in [5.74, 6) is 2.84. The predicted molar refractivity (Wildman–Crippen MR) is 109 cm³/mol. The molecule has 9 heteroatoms. The molecule has 2 aromatic rings. The van der Waals surface area contributed by atoms with Gasteiger partial charge in [0.2, 0.25) is 12.7 Å². The third kappa shape index (κ3) is 3.92. The van der Waals surface area contributed by atoms with E-state index >= 15 is 0 Å². The van der Waals surface area contributed by atoms with Gasteiger partial charge in [0.25, 0.3) is 0 Å². The van der Waals surface area contributed by atoms with Gasteiger partial charge in [0.15, 0.2) is 17.5 Å². The summed E-state index contributed by atoms with van der Waals surface area (Å²) in [5.41, 5.74) is 7.16. The van der Waals surface area contributed by atoms with E-state index in [-0.39, 0.29) is 30.8 Å². The first-order valence-corrected chi connectivity index (χ1v) is 8.25. The molecule has 1 aromatic carbocycles. The molecule has 1 saturated heterocycles. The van der Waals surface area contributed by atoms with Crippen molar-refractivity contribution in [2.45, 2.75) is 6.54 Å². The molecule has 26 heavy (non-hydrogen) atoms. The summed E-state index contributed by atoms with van der Waals surface area (Å²) in [6, 6.07) is 7.63. The van der Waals surface area contributed by atoms with Gasteiger partial charge < -0.3 is 25.0 Å². The van der Waals surface area contributed by atoms with E-state index in [1.165, 1.54) is 0 Å². The van der Waals surface area contributed by atoms with Crippen LogP contribution < -0.4 is 20.1 Å². The number of hydrogen-bond acceptors (Lipinski definition) is 6. The van der Waals surface area contributed by atoms with Crippen LogP contribution in [-0.4, -0.2) is 53.8 Å². The van der Waals surface area contributed by atoms with Crippen molar-refractivity contribution >= 4 is 35.9 Å². The van der Waals surface area contributed by atoms with E-state index in [0.717, 1.165) is 49.2 Å². The third-order valence-corrected chi connectivity index (χ3v) is 4.33. The van der Waals surface area contributed by atoms with Gasteiger partial charge in [-0.1, -0.05) is 12.1 Å². The Morgan fingerprint density at radius 3 is 2.62 bits per heavy atom. The van der Waals surface area contributed by atoms with Crippen LogP contribution in [0.5, 0.6) is 11.5 Å². The minimum absolute atomic E-state index is 0. The number of nitrogens with zero attached hydrogens (tertiary/aromatic N) is 5. The second-order valence-electron chi connectivity index (χ2n) is 5.85. The quantitative estimate of drug-likeness (QED) is 0.415. The first kappa shape index (κ1) is 18.5. The maximum absolute atomic E-state index is 6.18. The second kappa shape index (κ2) is 8.39. The lowest BCUT2D eigenvalue weighted by molar-refractivity contribution is 0.173. The van der Waals surface area contributed by atoms with Gasteiger partial charge in [0.05, 0.1) is 6.54 Å². The fourth-order valence-electron chi connectivity index (χ4n) is 2.97. The summed E-state index contributed by atoms with van der Waals surface area (Å²) in [7, 11) is 0. The Morgan fingerprint density at radius 1 is 1.08 bits per heavy atom. The molecule has 138 valence electrons. The van der Waals surface area contributed by atoms with Crippen LogP contribution in [0.2, 0.25) is 0 Å². The second-order valence-corrected chi connectivity index (χ2v) is 5.85. The van der Waals surface area contributed by atoms with E-state index < -0.39 is 0 Å². The number of rotatable bonds is 3. The highest BCUT2D eigenvalue weighted by molar-refractivity contribution is 14.0. The lowest BCUT2D eigenvalue weighted by Gasteiger charge is -2.35. The van der Waals surface area contributed by atoms with Crippen LogP contribution in [0.25, 0.3) is 0 Å². The Balaban J connectivity index is 0.00000196.